The molecule has 15 heteroatoms. The van der Waals surface area contributed by atoms with Gasteiger partial charge in [0.1, 0.15) is 21.9 Å². The summed E-state index contributed by atoms with van der Waals surface area (Å²) in [6, 6.07) is 9.98. The Bertz CT molecular complexity index is 1670. The van der Waals surface area contributed by atoms with E-state index in [4.69, 9.17) is 46.9 Å². The molecule has 0 amide bonds. The van der Waals surface area contributed by atoms with E-state index in [0.717, 1.165) is 32.5 Å². The van der Waals surface area contributed by atoms with E-state index in [-0.39, 0.29) is 24.0 Å². The van der Waals surface area contributed by atoms with Gasteiger partial charge in [-0.05, 0) is 61.1 Å². The molecule has 1 aliphatic carbocycles. The largest absolute Gasteiger partial charge is 0.870 e. The first-order valence-corrected chi connectivity index (χ1v) is 18.5. The summed E-state index contributed by atoms with van der Waals surface area (Å²) in [5.41, 5.74) is 1.81. The third kappa shape index (κ3) is 10.3. The Labute approximate surface area is 297 Å². The highest BCUT2D eigenvalue weighted by Crippen LogP contribution is 2.38. The number of aromatic amines is 1. The number of halogens is 2. The van der Waals surface area contributed by atoms with Crippen LogP contribution in [0, 0.1) is 5.92 Å². The van der Waals surface area contributed by atoms with Crippen molar-refractivity contribution in [3.05, 3.63) is 75.5 Å². The van der Waals surface area contributed by atoms with Crippen molar-refractivity contribution in [1.82, 2.24) is 4.90 Å². The number of pyridine rings is 1. The molecule has 3 aromatic rings. The smallest absolute Gasteiger partial charge is 0.338 e. The van der Waals surface area contributed by atoms with Gasteiger partial charge in [0.25, 0.3) is 0 Å². The lowest BCUT2D eigenvalue weighted by molar-refractivity contribution is -0.377. The van der Waals surface area contributed by atoms with Crippen LogP contribution < -0.4 is 23.5 Å². The Hall–Kier alpha value is -3.33. The number of benzene rings is 2. The number of carbonyl (C=O) groups is 1. The van der Waals surface area contributed by atoms with Crippen LogP contribution in [0.25, 0.3) is 0 Å². The molecule has 1 aromatic heterocycles. The first-order valence-electron chi connectivity index (χ1n) is 15.9. The summed E-state index contributed by atoms with van der Waals surface area (Å²) in [5, 5.41) is 0.775. The molecule has 0 spiro atoms. The van der Waals surface area contributed by atoms with Gasteiger partial charge < -0.3 is 29.2 Å². The summed E-state index contributed by atoms with van der Waals surface area (Å²) >= 11 is 13.0. The number of esters is 1. The molecule has 2 aromatic carbocycles. The summed E-state index contributed by atoms with van der Waals surface area (Å²) in [4.78, 5) is 19.0. The molecule has 5 rings (SSSR count). The molecule has 2 aliphatic rings. The van der Waals surface area contributed by atoms with E-state index in [0.29, 0.717) is 76.3 Å². The Morgan fingerprint density at radius 1 is 1.02 bits per heavy atom. The van der Waals surface area contributed by atoms with Crippen molar-refractivity contribution >= 4 is 44.9 Å². The van der Waals surface area contributed by atoms with Crippen LogP contribution >= 0.6 is 23.2 Å². The lowest BCUT2D eigenvalue weighted by atomic mass is 10.0. The molecule has 0 radical (unpaired) electrons. The van der Waals surface area contributed by atoms with Gasteiger partial charge in [0.2, 0.25) is 10.0 Å². The summed E-state index contributed by atoms with van der Waals surface area (Å²) in [7, 11) is -0.603. The lowest BCUT2D eigenvalue weighted by Gasteiger charge is -2.29. The predicted molar refractivity (Wildman–Crippen MR) is 185 cm³/mol. The molecule has 2 heterocycles. The van der Waals surface area contributed by atoms with Gasteiger partial charge in [0.05, 0.1) is 51.5 Å². The topological polar surface area (TPSA) is 148 Å². The number of nitrogens with zero attached hydrogens (tertiary/aromatic N) is 2. The minimum absolute atomic E-state index is 0. The minimum atomic E-state index is -3.67. The monoisotopic (exact) mass is 739 g/mol. The summed E-state index contributed by atoms with van der Waals surface area (Å²) in [6.45, 7) is 4.40. The molecule has 1 saturated heterocycles. The second-order valence-corrected chi connectivity index (χ2v) is 14.6. The SMILES string of the molecule is COc1ccc([C@H](Cc2c(Cl)c[nH+]cc2Cl)OC(=O)c2ccc(N(CCCN3CCOCC3)S(C)(=O)=O)c(OCC3CC3)c2)cc1OC.[OH-]. The van der Waals surface area contributed by atoms with Crippen LogP contribution in [0.2, 0.25) is 10.0 Å². The van der Waals surface area contributed by atoms with E-state index in [1.807, 2.05) is 0 Å². The third-order valence-corrected chi connectivity index (χ3v) is 10.2. The Balaban J connectivity index is 0.00000541. The van der Waals surface area contributed by atoms with Gasteiger partial charge in [-0.15, -0.1) is 0 Å². The summed E-state index contributed by atoms with van der Waals surface area (Å²) in [6.07, 6.45) is 6.44. The van der Waals surface area contributed by atoms with Crippen LogP contribution in [0.5, 0.6) is 17.2 Å². The van der Waals surface area contributed by atoms with E-state index in [9.17, 15) is 13.2 Å². The normalized spacial score (nSPS) is 15.5. The van der Waals surface area contributed by atoms with Gasteiger partial charge in [-0.25, -0.2) is 18.2 Å². The van der Waals surface area contributed by atoms with Crippen LogP contribution in [0.4, 0.5) is 5.69 Å². The van der Waals surface area contributed by atoms with Crippen molar-refractivity contribution in [2.24, 2.45) is 5.92 Å². The molecule has 0 unspecified atom stereocenters. The van der Waals surface area contributed by atoms with Crippen LogP contribution in [0.1, 0.15) is 46.9 Å². The maximum atomic E-state index is 13.8. The number of morpholine rings is 1. The fourth-order valence-corrected chi connectivity index (χ4v) is 7.02. The maximum Gasteiger partial charge on any atom is 0.338 e. The quantitative estimate of drug-likeness (QED) is 0.183. The van der Waals surface area contributed by atoms with Crippen LogP contribution in [0.3, 0.4) is 0 Å². The second-order valence-electron chi connectivity index (χ2n) is 11.9. The number of methoxy groups -OCH3 is 2. The van der Waals surface area contributed by atoms with Crippen molar-refractivity contribution < 1.29 is 47.4 Å². The molecule has 1 atom stereocenters. The van der Waals surface area contributed by atoms with Gasteiger partial charge in [-0.1, -0.05) is 29.3 Å². The number of anilines is 1. The Morgan fingerprint density at radius 2 is 1.71 bits per heavy atom. The lowest BCUT2D eigenvalue weighted by Crippen LogP contribution is -2.39. The first kappa shape index (κ1) is 38.5. The summed E-state index contributed by atoms with van der Waals surface area (Å²) < 4.78 is 56.1. The van der Waals surface area contributed by atoms with Gasteiger partial charge in [0, 0.05) is 38.2 Å². The Morgan fingerprint density at radius 3 is 2.35 bits per heavy atom. The minimum Gasteiger partial charge on any atom is -0.870 e. The molecule has 1 saturated carbocycles. The van der Waals surface area contributed by atoms with Crippen molar-refractivity contribution in [1.29, 1.82) is 0 Å². The highest BCUT2D eigenvalue weighted by atomic mass is 35.5. The zero-order chi connectivity index (χ0) is 34.3. The highest BCUT2D eigenvalue weighted by molar-refractivity contribution is 7.92. The van der Waals surface area contributed by atoms with Gasteiger partial charge in [0.15, 0.2) is 23.9 Å². The molecule has 12 nitrogen and oxygen atoms in total. The number of hydrogen-bond donors (Lipinski definition) is 0. The van der Waals surface area contributed by atoms with Gasteiger partial charge in [-0.2, -0.15) is 0 Å². The molecule has 49 heavy (non-hydrogen) atoms. The Kier molecular flexibility index (Phi) is 13.8. The molecular weight excluding hydrogens is 697 g/mol. The van der Waals surface area contributed by atoms with Crippen molar-refractivity contribution in [3.8, 4) is 17.2 Å². The zero-order valence-electron chi connectivity index (χ0n) is 27.8. The number of rotatable bonds is 16. The number of nitrogens with one attached hydrogen (secondary N) is 1. The number of aromatic nitrogens is 1. The maximum absolute atomic E-state index is 13.8. The van der Waals surface area contributed by atoms with Crippen molar-refractivity contribution in [2.75, 3.05) is 70.8 Å². The van der Waals surface area contributed by atoms with E-state index in [1.165, 1.54) is 24.8 Å². The van der Waals surface area contributed by atoms with E-state index >= 15 is 0 Å². The molecule has 0 bridgehead atoms. The zero-order valence-corrected chi connectivity index (χ0v) is 30.2. The van der Waals surface area contributed by atoms with Crippen LogP contribution in [-0.2, 0) is 25.9 Å². The molecule has 2 fully saturated rings. The molecule has 1 aliphatic heterocycles. The van der Waals surface area contributed by atoms with E-state index in [2.05, 4.69) is 9.88 Å². The number of hydrogen-bond acceptors (Lipinski definition) is 10. The third-order valence-electron chi connectivity index (χ3n) is 8.39. The molecule has 2 N–H and O–H groups in total. The average Bonchev–Trinajstić information content (AvgIpc) is 3.91. The number of carbonyl (C=O) groups excluding carboxylic acids is 1. The number of sulfonamides is 1. The average molecular weight is 741 g/mol. The van der Waals surface area contributed by atoms with Crippen molar-refractivity contribution in [3.63, 3.8) is 0 Å². The predicted octanol–water partition coefficient (Wildman–Crippen LogP) is 5.07. The number of ether oxygens (including phenoxy) is 5. The second kappa shape index (κ2) is 17.6. The number of H-pyrrole nitrogens is 1. The highest BCUT2D eigenvalue weighted by Gasteiger charge is 2.28. The van der Waals surface area contributed by atoms with Gasteiger partial charge >= 0.3 is 5.97 Å². The van der Waals surface area contributed by atoms with Crippen molar-refractivity contribution in [2.45, 2.75) is 31.8 Å². The molecule has 268 valence electrons. The van der Waals surface area contributed by atoms with Crippen LogP contribution in [-0.4, -0.2) is 91.2 Å². The fourth-order valence-electron chi connectivity index (χ4n) is 5.52. The summed E-state index contributed by atoms with van der Waals surface area (Å²) in [5.74, 6) is 1.05. The van der Waals surface area contributed by atoms with E-state index < -0.39 is 22.1 Å². The van der Waals surface area contributed by atoms with Gasteiger partial charge in [-0.3, -0.25) is 9.21 Å². The first-order chi connectivity index (χ1) is 23.1. The fraction of sp³-hybridized carbons (Fsp3) is 0.471. The van der Waals surface area contributed by atoms with Crippen LogP contribution in [0.15, 0.2) is 48.8 Å². The molecular formula is C34H43Cl2N3O9S. The standard InChI is InChI=1S/C34H41Cl2N3O8S.H2O/c1-43-30-10-8-24(17-33(30)44-2)31(19-26-27(35)20-37-21-28(26)36)47-34(40)25-7-9-29(32(18-25)46-22-23-5-6-23)39(48(3,41)42)12-4-11-38-13-15-45-16-14-38;/h7-10,17-18,20-21,23,31H,4-6,11-16,19,22H2,1-3H3;1H2/t31-;/m0./s1. The van der Waals surface area contributed by atoms with E-state index in [1.54, 1.807) is 48.8 Å².